The molecule has 0 unspecified atom stereocenters. The molecular formula is C15H13BrClNO. The van der Waals surface area contributed by atoms with Crippen LogP contribution in [0.4, 0.5) is 0 Å². The van der Waals surface area contributed by atoms with Crippen LogP contribution >= 0.6 is 27.5 Å². The van der Waals surface area contributed by atoms with Crippen LogP contribution in [0.3, 0.4) is 0 Å². The van der Waals surface area contributed by atoms with E-state index >= 15 is 0 Å². The van der Waals surface area contributed by atoms with Gasteiger partial charge in [-0.2, -0.15) is 0 Å². The van der Waals surface area contributed by atoms with E-state index in [1.807, 2.05) is 30.3 Å². The quantitative estimate of drug-likeness (QED) is 0.813. The van der Waals surface area contributed by atoms with Crippen LogP contribution in [0.15, 0.2) is 53.0 Å². The molecule has 1 amide bonds. The minimum atomic E-state index is -0.0572. The Morgan fingerprint density at radius 1 is 1.21 bits per heavy atom. The van der Waals surface area contributed by atoms with Crippen molar-refractivity contribution in [2.45, 2.75) is 6.54 Å². The molecule has 0 aliphatic heterocycles. The fourth-order valence-electron chi connectivity index (χ4n) is 1.80. The van der Waals surface area contributed by atoms with Gasteiger partial charge in [0.2, 0.25) is 0 Å². The van der Waals surface area contributed by atoms with E-state index in [1.54, 1.807) is 30.1 Å². The van der Waals surface area contributed by atoms with Crippen molar-refractivity contribution in [2.24, 2.45) is 0 Å². The lowest BCUT2D eigenvalue weighted by Crippen LogP contribution is -2.26. The van der Waals surface area contributed by atoms with Crippen molar-refractivity contribution in [3.8, 4) is 0 Å². The minimum absolute atomic E-state index is 0.0572. The second-order valence-electron chi connectivity index (χ2n) is 4.27. The van der Waals surface area contributed by atoms with Crippen LogP contribution in [0.1, 0.15) is 15.9 Å². The second-order valence-corrected chi connectivity index (χ2v) is 5.56. The van der Waals surface area contributed by atoms with Crippen LogP contribution in [-0.4, -0.2) is 17.9 Å². The molecule has 0 radical (unpaired) electrons. The summed E-state index contributed by atoms with van der Waals surface area (Å²) in [6.45, 7) is 0.568. The molecule has 2 aromatic rings. The van der Waals surface area contributed by atoms with Gasteiger partial charge in [0.15, 0.2) is 0 Å². The van der Waals surface area contributed by atoms with Gasteiger partial charge >= 0.3 is 0 Å². The van der Waals surface area contributed by atoms with E-state index in [4.69, 9.17) is 11.6 Å². The Hall–Kier alpha value is -1.32. The maximum atomic E-state index is 12.4. The first-order chi connectivity index (χ1) is 9.08. The monoisotopic (exact) mass is 337 g/mol. The summed E-state index contributed by atoms with van der Waals surface area (Å²) in [5.41, 5.74) is 1.67. The third-order valence-corrected chi connectivity index (χ3v) is 3.69. The predicted octanol–water partition coefficient (Wildman–Crippen LogP) is 4.37. The molecule has 2 nitrogen and oxygen atoms in total. The zero-order chi connectivity index (χ0) is 13.8. The summed E-state index contributed by atoms with van der Waals surface area (Å²) < 4.78 is 0.752. The van der Waals surface area contributed by atoms with Crippen molar-refractivity contribution in [1.29, 1.82) is 0 Å². The van der Waals surface area contributed by atoms with Crippen LogP contribution < -0.4 is 0 Å². The number of benzene rings is 2. The number of amides is 1. The van der Waals surface area contributed by atoms with Crippen LogP contribution in [0.25, 0.3) is 0 Å². The molecule has 0 bridgehead atoms. The zero-order valence-electron chi connectivity index (χ0n) is 10.4. The molecule has 0 aliphatic rings. The van der Waals surface area contributed by atoms with Crippen LogP contribution in [0, 0.1) is 0 Å². The smallest absolute Gasteiger partial charge is 0.255 e. The van der Waals surface area contributed by atoms with Gasteiger partial charge < -0.3 is 4.90 Å². The number of carbonyl (C=O) groups is 1. The molecule has 0 saturated heterocycles. The molecule has 2 rings (SSSR count). The van der Waals surface area contributed by atoms with E-state index in [0.717, 1.165) is 10.0 Å². The van der Waals surface area contributed by atoms with Crippen molar-refractivity contribution < 1.29 is 4.79 Å². The molecule has 0 saturated carbocycles. The molecular weight excluding hydrogens is 326 g/mol. The van der Waals surface area contributed by atoms with Crippen molar-refractivity contribution >= 4 is 33.4 Å². The summed E-state index contributed by atoms with van der Waals surface area (Å²) in [4.78, 5) is 14.0. The maximum Gasteiger partial charge on any atom is 0.255 e. The van der Waals surface area contributed by atoms with E-state index in [1.165, 1.54) is 0 Å². The lowest BCUT2D eigenvalue weighted by atomic mass is 10.1. The van der Waals surface area contributed by atoms with Gasteiger partial charge in [-0.15, -0.1) is 0 Å². The Kier molecular flexibility index (Phi) is 4.61. The van der Waals surface area contributed by atoms with Crippen LogP contribution in [0.5, 0.6) is 0 Å². The highest BCUT2D eigenvalue weighted by atomic mass is 79.9. The lowest BCUT2D eigenvalue weighted by Gasteiger charge is -2.18. The van der Waals surface area contributed by atoms with E-state index in [-0.39, 0.29) is 5.91 Å². The summed E-state index contributed by atoms with van der Waals surface area (Å²) >= 11 is 9.31. The first-order valence-corrected chi connectivity index (χ1v) is 6.99. The Labute approximate surface area is 126 Å². The van der Waals surface area contributed by atoms with Crippen molar-refractivity contribution in [3.63, 3.8) is 0 Å². The van der Waals surface area contributed by atoms with Crippen molar-refractivity contribution in [2.75, 3.05) is 7.05 Å². The number of carbonyl (C=O) groups excluding carboxylic acids is 1. The number of nitrogens with zero attached hydrogens (tertiary/aromatic N) is 1. The minimum Gasteiger partial charge on any atom is -0.337 e. The first-order valence-electron chi connectivity index (χ1n) is 5.82. The van der Waals surface area contributed by atoms with Gasteiger partial charge in [0.25, 0.3) is 5.91 Å². The third-order valence-electron chi connectivity index (χ3n) is 2.77. The third kappa shape index (κ3) is 3.58. The Morgan fingerprint density at radius 3 is 2.58 bits per heavy atom. The summed E-state index contributed by atoms with van der Waals surface area (Å²) in [7, 11) is 1.78. The van der Waals surface area contributed by atoms with E-state index < -0.39 is 0 Å². The number of rotatable bonds is 3. The fraction of sp³-hybridized carbons (Fsp3) is 0.133. The van der Waals surface area contributed by atoms with Gasteiger partial charge in [0, 0.05) is 23.1 Å². The highest BCUT2D eigenvalue weighted by Crippen LogP contribution is 2.22. The van der Waals surface area contributed by atoms with E-state index in [2.05, 4.69) is 15.9 Å². The predicted molar refractivity (Wildman–Crippen MR) is 81.4 cm³/mol. The molecule has 0 aromatic heterocycles. The largest absolute Gasteiger partial charge is 0.337 e. The normalized spacial score (nSPS) is 10.3. The molecule has 98 valence electrons. The summed E-state index contributed by atoms with van der Waals surface area (Å²) in [6.07, 6.45) is 0. The van der Waals surface area contributed by atoms with Gasteiger partial charge in [-0.05, 0) is 39.7 Å². The topological polar surface area (TPSA) is 20.3 Å². The Balaban J connectivity index is 2.17. The van der Waals surface area contributed by atoms with Gasteiger partial charge in [0.1, 0.15) is 0 Å². The summed E-state index contributed by atoms with van der Waals surface area (Å²) in [5.74, 6) is -0.0572. The van der Waals surface area contributed by atoms with Gasteiger partial charge in [-0.1, -0.05) is 41.9 Å². The molecule has 0 aliphatic carbocycles. The first kappa shape index (κ1) is 14.1. The summed E-state index contributed by atoms with van der Waals surface area (Å²) in [5, 5.41) is 0.555. The van der Waals surface area contributed by atoms with Crippen molar-refractivity contribution in [3.05, 3.63) is 69.2 Å². The Bertz CT molecular complexity index is 586. The average molecular weight is 339 g/mol. The van der Waals surface area contributed by atoms with Gasteiger partial charge in [-0.25, -0.2) is 0 Å². The highest BCUT2D eigenvalue weighted by Gasteiger charge is 2.15. The molecule has 0 N–H and O–H groups in total. The molecule has 4 heteroatoms. The van der Waals surface area contributed by atoms with Gasteiger partial charge in [0.05, 0.1) is 5.56 Å². The molecule has 19 heavy (non-hydrogen) atoms. The fourth-order valence-corrected chi connectivity index (χ4v) is 2.38. The van der Waals surface area contributed by atoms with Crippen molar-refractivity contribution in [1.82, 2.24) is 4.90 Å². The Morgan fingerprint density at radius 2 is 1.89 bits per heavy atom. The van der Waals surface area contributed by atoms with Crippen LogP contribution in [-0.2, 0) is 6.54 Å². The van der Waals surface area contributed by atoms with E-state index in [9.17, 15) is 4.79 Å². The number of hydrogen-bond acceptors (Lipinski definition) is 1. The molecule has 0 atom stereocenters. The van der Waals surface area contributed by atoms with Gasteiger partial charge in [-0.3, -0.25) is 4.79 Å². The molecule has 0 spiro atoms. The molecule has 0 heterocycles. The second kappa shape index (κ2) is 6.22. The zero-order valence-corrected chi connectivity index (χ0v) is 12.8. The van der Waals surface area contributed by atoms with Crippen LogP contribution in [0.2, 0.25) is 5.02 Å². The van der Waals surface area contributed by atoms with E-state index in [0.29, 0.717) is 17.1 Å². The SMILES string of the molecule is CN(Cc1ccccc1)C(=O)c1cc(Cl)ccc1Br. The summed E-state index contributed by atoms with van der Waals surface area (Å²) in [6, 6.07) is 15.1. The molecule has 0 fully saturated rings. The number of hydrogen-bond donors (Lipinski definition) is 0. The maximum absolute atomic E-state index is 12.4. The lowest BCUT2D eigenvalue weighted by molar-refractivity contribution is 0.0784. The standard InChI is InChI=1S/C15H13BrClNO/c1-18(10-11-5-3-2-4-6-11)15(19)13-9-12(17)7-8-14(13)16/h2-9H,10H2,1H3. The average Bonchev–Trinajstić information content (AvgIpc) is 2.42. The highest BCUT2D eigenvalue weighted by molar-refractivity contribution is 9.10. The number of halogens is 2. The molecule has 2 aromatic carbocycles.